The highest BCUT2D eigenvalue weighted by Gasteiger charge is 2.12. The van der Waals surface area contributed by atoms with Crippen LogP contribution < -0.4 is 14.8 Å². The van der Waals surface area contributed by atoms with Crippen molar-refractivity contribution in [2.75, 3.05) is 13.2 Å². The van der Waals surface area contributed by atoms with E-state index < -0.39 is 0 Å². The number of ether oxygens (including phenoxy) is 2. The first-order valence-corrected chi connectivity index (χ1v) is 7.10. The van der Waals surface area contributed by atoms with E-state index in [0.717, 1.165) is 29.2 Å². The Morgan fingerprint density at radius 3 is 2.52 bits per heavy atom. The summed E-state index contributed by atoms with van der Waals surface area (Å²) < 4.78 is 24.0. The molecule has 0 bridgehead atoms. The molecule has 0 saturated heterocycles. The normalized spacial score (nSPS) is 14.8. The Morgan fingerprint density at radius 1 is 1.05 bits per heavy atom. The molecule has 1 N–H and O–H groups in total. The number of hydrogen-bond donors (Lipinski definition) is 1. The van der Waals surface area contributed by atoms with E-state index in [1.807, 2.05) is 18.2 Å². The second-order valence-electron chi connectivity index (χ2n) is 5.13. The van der Waals surface area contributed by atoms with Gasteiger partial charge in [0.1, 0.15) is 19.0 Å². The maximum absolute atomic E-state index is 12.9. The fourth-order valence-electron chi connectivity index (χ4n) is 2.34. The van der Waals surface area contributed by atoms with E-state index in [9.17, 15) is 4.39 Å². The van der Waals surface area contributed by atoms with E-state index in [4.69, 9.17) is 9.47 Å². The van der Waals surface area contributed by atoms with Crippen molar-refractivity contribution in [3.8, 4) is 11.5 Å². The standard InChI is InChI=1S/C17H18FNO2/c1-12(14-3-5-15(18)6-4-14)19-11-13-2-7-16-17(10-13)21-9-8-20-16/h2-7,10,12,19H,8-9,11H2,1H3/t12-/m0/s1. The van der Waals surface area contributed by atoms with Crippen molar-refractivity contribution in [3.63, 3.8) is 0 Å². The Morgan fingerprint density at radius 2 is 1.76 bits per heavy atom. The van der Waals surface area contributed by atoms with Crippen LogP contribution in [-0.2, 0) is 6.54 Å². The van der Waals surface area contributed by atoms with Crippen molar-refractivity contribution in [2.45, 2.75) is 19.5 Å². The summed E-state index contributed by atoms with van der Waals surface area (Å²) in [5.74, 6) is 1.39. The van der Waals surface area contributed by atoms with Gasteiger partial charge in [0.25, 0.3) is 0 Å². The molecule has 0 amide bonds. The zero-order chi connectivity index (χ0) is 14.7. The lowest BCUT2D eigenvalue weighted by Crippen LogP contribution is -2.19. The lowest BCUT2D eigenvalue weighted by molar-refractivity contribution is 0.171. The average molecular weight is 287 g/mol. The molecule has 3 rings (SSSR count). The predicted octanol–water partition coefficient (Wildman–Crippen LogP) is 3.45. The van der Waals surface area contributed by atoms with Crippen molar-refractivity contribution < 1.29 is 13.9 Å². The van der Waals surface area contributed by atoms with Crippen LogP contribution in [-0.4, -0.2) is 13.2 Å². The predicted molar refractivity (Wildman–Crippen MR) is 79.1 cm³/mol. The third-order valence-corrected chi connectivity index (χ3v) is 3.59. The van der Waals surface area contributed by atoms with Crippen LogP contribution in [0.5, 0.6) is 11.5 Å². The smallest absolute Gasteiger partial charge is 0.161 e. The summed E-state index contributed by atoms with van der Waals surface area (Å²) in [6, 6.07) is 12.7. The van der Waals surface area contributed by atoms with Crippen LogP contribution in [0.15, 0.2) is 42.5 Å². The zero-order valence-electron chi connectivity index (χ0n) is 11.9. The van der Waals surface area contributed by atoms with Gasteiger partial charge >= 0.3 is 0 Å². The maximum atomic E-state index is 12.9. The molecule has 0 aliphatic carbocycles. The third-order valence-electron chi connectivity index (χ3n) is 3.59. The quantitative estimate of drug-likeness (QED) is 0.934. The van der Waals surface area contributed by atoms with Crippen molar-refractivity contribution in [1.82, 2.24) is 5.32 Å². The second kappa shape index (κ2) is 6.14. The van der Waals surface area contributed by atoms with E-state index in [1.54, 1.807) is 12.1 Å². The van der Waals surface area contributed by atoms with Crippen molar-refractivity contribution in [1.29, 1.82) is 0 Å². The van der Waals surface area contributed by atoms with Crippen LogP contribution in [0.1, 0.15) is 24.1 Å². The number of hydrogen-bond acceptors (Lipinski definition) is 3. The molecule has 21 heavy (non-hydrogen) atoms. The molecule has 1 heterocycles. The van der Waals surface area contributed by atoms with Gasteiger partial charge in [-0.05, 0) is 42.3 Å². The Balaban J connectivity index is 1.63. The SMILES string of the molecule is C[C@H](NCc1ccc2c(c1)OCCO2)c1ccc(F)cc1. The first-order chi connectivity index (χ1) is 10.2. The lowest BCUT2D eigenvalue weighted by Gasteiger charge is -2.19. The van der Waals surface area contributed by atoms with E-state index in [1.165, 1.54) is 12.1 Å². The fraction of sp³-hybridized carbons (Fsp3) is 0.294. The van der Waals surface area contributed by atoms with Gasteiger partial charge in [-0.25, -0.2) is 4.39 Å². The van der Waals surface area contributed by atoms with Crippen molar-refractivity contribution >= 4 is 0 Å². The van der Waals surface area contributed by atoms with Crippen LogP contribution in [0, 0.1) is 5.82 Å². The summed E-state index contributed by atoms with van der Waals surface area (Å²) in [5.41, 5.74) is 2.20. The van der Waals surface area contributed by atoms with Gasteiger partial charge in [0, 0.05) is 12.6 Å². The Kier molecular flexibility index (Phi) is 4.06. The Hall–Kier alpha value is -2.07. The summed E-state index contributed by atoms with van der Waals surface area (Å²) in [7, 11) is 0. The van der Waals surface area contributed by atoms with E-state index in [-0.39, 0.29) is 11.9 Å². The topological polar surface area (TPSA) is 30.5 Å². The molecule has 0 spiro atoms. The first kappa shape index (κ1) is 13.9. The molecule has 110 valence electrons. The van der Waals surface area contributed by atoms with E-state index >= 15 is 0 Å². The molecule has 4 heteroatoms. The first-order valence-electron chi connectivity index (χ1n) is 7.10. The number of halogens is 1. The molecule has 0 saturated carbocycles. The highest BCUT2D eigenvalue weighted by atomic mass is 19.1. The molecule has 0 radical (unpaired) electrons. The Bertz CT molecular complexity index is 613. The van der Waals surface area contributed by atoms with Gasteiger partial charge in [-0.3, -0.25) is 0 Å². The molecule has 0 fully saturated rings. The summed E-state index contributed by atoms with van der Waals surface area (Å²) in [6.45, 7) is 3.97. The van der Waals surface area contributed by atoms with Crippen LogP contribution in [0.3, 0.4) is 0 Å². The molecular formula is C17H18FNO2. The van der Waals surface area contributed by atoms with E-state index in [2.05, 4.69) is 12.2 Å². The molecule has 0 unspecified atom stereocenters. The molecular weight excluding hydrogens is 269 g/mol. The van der Waals surface area contributed by atoms with Gasteiger partial charge in [-0.1, -0.05) is 18.2 Å². The van der Waals surface area contributed by atoms with Crippen LogP contribution in [0.4, 0.5) is 4.39 Å². The zero-order valence-corrected chi connectivity index (χ0v) is 11.9. The molecule has 0 aromatic heterocycles. The monoisotopic (exact) mass is 287 g/mol. The van der Waals surface area contributed by atoms with E-state index in [0.29, 0.717) is 13.2 Å². The molecule has 3 nitrogen and oxygen atoms in total. The van der Waals surface area contributed by atoms with Gasteiger partial charge < -0.3 is 14.8 Å². The molecule has 1 atom stereocenters. The summed E-state index contributed by atoms with van der Waals surface area (Å²) >= 11 is 0. The summed E-state index contributed by atoms with van der Waals surface area (Å²) in [4.78, 5) is 0. The van der Waals surface area contributed by atoms with Crippen LogP contribution in [0.2, 0.25) is 0 Å². The van der Waals surface area contributed by atoms with Gasteiger partial charge in [-0.15, -0.1) is 0 Å². The minimum atomic E-state index is -0.210. The number of fused-ring (bicyclic) bond motifs is 1. The van der Waals surface area contributed by atoms with Gasteiger partial charge in [0.2, 0.25) is 0 Å². The highest BCUT2D eigenvalue weighted by molar-refractivity contribution is 5.43. The lowest BCUT2D eigenvalue weighted by atomic mass is 10.1. The van der Waals surface area contributed by atoms with Gasteiger partial charge in [0.15, 0.2) is 11.5 Å². The molecule has 1 aliphatic heterocycles. The van der Waals surface area contributed by atoms with Crippen molar-refractivity contribution in [2.24, 2.45) is 0 Å². The second-order valence-corrected chi connectivity index (χ2v) is 5.13. The maximum Gasteiger partial charge on any atom is 0.161 e. The Labute approximate surface area is 123 Å². The fourth-order valence-corrected chi connectivity index (χ4v) is 2.34. The number of nitrogens with one attached hydrogen (secondary N) is 1. The minimum absolute atomic E-state index is 0.152. The average Bonchev–Trinajstić information content (AvgIpc) is 2.53. The third kappa shape index (κ3) is 3.34. The van der Waals surface area contributed by atoms with Crippen LogP contribution >= 0.6 is 0 Å². The largest absolute Gasteiger partial charge is 0.486 e. The van der Waals surface area contributed by atoms with Gasteiger partial charge in [-0.2, -0.15) is 0 Å². The molecule has 2 aromatic carbocycles. The van der Waals surface area contributed by atoms with Crippen molar-refractivity contribution in [3.05, 3.63) is 59.4 Å². The molecule has 1 aliphatic rings. The van der Waals surface area contributed by atoms with Gasteiger partial charge in [0.05, 0.1) is 0 Å². The number of benzene rings is 2. The van der Waals surface area contributed by atoms with Crippen LogP contribution in [0.25, 0.3) is 0 Å². The molecule has 2 aromatic rings. The summed E-state index contributed by atoms with van der Waals surface area (Å²) in [5, 5.41) is 3.42. The number of rotatable bonds is 4. The highest BCUT2D eigenvalue weighted by Crippen LogP contribution is 2.30. The minimum Gasteiger partial charge on any atom is -0.486 e. The summed E-state index contributed by atoms with van der Waals surface area (Å²) in [6.07, 6.45) is 0.